The van der Waals surface area contributed by atoms with Crippen LogP contribution in [0.3, 0.4) is 0 Å². The van der Waals surface area contributed by atoms with E-state index in [1.165, 1.54) is 17.9 Å². The molecule has 3 heteroatoms. The standard InChI is InChI=1S/C14H29NOS/c1-6-16-9-12(11(2)3)15-13-10-17-8-7-14(13,4)5/h11-13,15H,6-10H2,1-5H3. The minimum atomic E-state index is 0.421. The average Bonchev–Trinajstić information content (AvgIpc) is 2.25. The zero-order chi connectivity index (χ0) is 12.9. The number of ether oxygens (including phenoxy) is 1. The van der Waals surface area contributed by atoms with Crippen molar-refractivity contribution >= 4 is 11.8 Å². The van der Waals surface area contributed by atoms with Crippen LogP contribution >= 0.6 is 11.8 Å². The maximum absolute atomic E-state index is 5.60. The van der Waals surface area contributed by atoms with Crippen molar-refractivity contribution in [2.75, 3.05) is 24.7 Å². The Morgan fingerprint density at radius 1 is 1.41 bits per heavy atom. The fourth-order valence-corrected chi connectivity index (χ4v) is 3.77. The van der Waals surface area contributed by atoms with E-state index in [2.05, 4.69) is 51.7 Å². The maximum Gasteiger partial charge on any atom is 0.0622 e. The summed E-state index contributed by atoms with van der Waals surface area (Å²) in [5.74, 6) is 3.18. The van der Waals surface area contributed by atoms with Gasteiger partial charge in [0.05, 0.1) is 6.61 Å². The molecule has 0 bridgehead atoms. The molecule has 2 atom stereocenters. The van der Waals surface area contributed by atoms with Crippen molar-refractivity contribution in [2.45, 2.75) is 53.1 Å². The molecule has 0 amide bonds. The zero-order valence-corrected chi connectivity index (χ0v) is 12.9. The van der Waals surface area contributed by atoms with Crippen molar-refractivity contribution in [3.05, 3.63) is 0 Å². The quantitative estimate of drug-likeness (QED) is 0.791. The van der Waals surface area contributed by atoms with Crippen molar-refractivity contribution in [3.63, 3.8) is 0 Å². The second-order valence-electron chi connectivity index (χ2n) is 6.04. The summed E-state index contributed by atoms with van der Waals surface area (Å²) in [6.45, 7) is 13.1. The highest BCUT2D eigenvalue weighted by Gasteiger charge is 2.34. The Morgan fingerprint density at radius 3 is 2.65 bits per heavy atom. The van der Waals surface area contributed by atoms with Crippen LogP contribution in [0.4, 0.5) is 0 Å². The lowest BCUT2D eigenvalue weighted by atomic mass is 9.81. The third-order valence-electron chi connectivity index (χ3n) is 3.84. The fraction of sp³-hybridized carbons (Fsp3) is 1.00. The van der Waals surface area contributed by atoms with Gasteiger partial charge in [0.2, 0.25) is 0 Å². The van der Waals surface area contributed by atoms with Crippen LogP contribution in [0, 0.1) is 11.3 Å². The molecule has 0 radical (unpaired) electrons. The second kappa shape index (κ2) is 7.01. The molecule has 0 aromatic carbocycles. The number of rotatable bonds is 6. The van der Waals surface area contributed by atoms with E-state index < -0.39 is 0 Å². The lowest BCUT2D eigenvalue weighted by molar-refractivity contribution is 0.0924. The molecule has 1 aliphatic heterocycles. The fourth-order valence-electron chi connectivity index (χ4n) is 2.15. The molecule has 0 aliphatic carbocycles. The van der Waals surface area contributed by atoms with E-state index >= 15 is 0 Å². The smallest absolute Gasteiger partial charge is 0.0622 e. The van der Waals surface area contributed by atoms with Crippen LogP contribution < -0.4 is 5.32 Å². The summed E-state index contributed by atoms with van der Waals surface area (Å²) in [5, 5.41) is 3.83. The highest BCUT2D eigenvalue weighted by molar-refractivity contribution is 7.99. The average molecular weight is 259 g/mol. The van der Waals surface area contributed by atoms with E-state index in [4.69, 9.17) is 4.74 Å². The molecular formula is C14H29NOS. The third-order valence-corrected chi connectivity index (χ3v) is 4.90. The molecule has 1 heterocycles. The monoisotopic (exact) mass is 259 g/mol. The second-order valence-corrected chi connectivity index (χ2v) is 7.19. The SMILES string of the molecule is CCOCC(NC1CSCCC1(C)C)C(C)C. The summed E-state index contributed by atoms with van der Waals surface area (Å²) in [7, 11) is 0. The normalized spacial score (nSPS) is 26.1. The lowest BCUT2D eigenvalue weighted by Gasteiger charge is -2.41. The Balaban J connectivity index is 2.52. The number of thioether (sulfide) groups is 1. The summed E-state index contributed by atoms with van der Waals surface area (Å²) in [4.78, 5) is 0. The predicted molar refractivity (Wildman–Crippen MR) is 77.8 cm³/mol. The van der Waals surface area contributed by atoms with Crippen molar-refractivity contribution in [2.24, 2.45) is 11.3 Å². The molecule has 1 saturated heterocycles. The summed E-state index contributed by atoms with van der Waals surface area (Å²) in [6.07, 6.45) is 1.31. The van der Waals surface area contributed by atoms with Crippen molar-refractivity contribution in [1.82, 2.24) is 5.32 Å². The van der Waals surface area contributed by atoms with Crippen LogP contribution in [0.15, 0.2) is 0 Å². The van der Waals surface area contributed by atoms with Crippen LogP contribution in [-0.2, 0) is 4.74 Å². The first-order valence-electron chi connectivity index (χ1n) is 6.89. The molecule has 1 fully saturated rings. The van der Waals surface area contributed by atoms with Gasteiger partial charge in [0, 0.05) is 24.4 Å². The van der Waals surface area contributed by atoms with Gasteiger partial charge in [0.25, 0.3) is 0 Å². The zero-order valence-electron chi connectivity index (χ0n) is 12.1. The van der Waals surface area contributed by atoms with Gasteiger partial charge in [-0.15, -0.1) is 0 Å². The number of nitrogens with one attached hydrogen (secondary N) is 1. The molecule has 2 unspecified atom stereocenters. The summed E-state index contributed by atoms with van der Waals surface area (Å²) in [5.41, 5.74) is 0.421. The van der Waals surface area contributed by atoms with Crippen molar-refractivity contribution < 1.29 is 4.74 Å². The minimum absolute atomic E-state index is 0.421. The molecule has 1 N–H and O–H groups in total. The van der Waals surface area contributed by atoms with E-state index in [1.54, 1.807) is 0 Å². The number of hydrogen-bond donors (Lipinski definition) is 1. The summed E-state index contributed by atoms with van der Waals surface area (Å²) >= 11 is 2.08. The van der Waals surface area contributed by atoms with Gasteiger partial charge < -0.3 is 10.1 Å². The van der Waals surface area contributed by atoms with Crippen LogP contribution in [0.5, 0.6) is 0 Å². The highest BCUT2D eigenvalue weighted by atomic mass is 32.2. The summed E-state index contributed by atoms with van der Waals surface area (Å²) < 4.78 is 5.60. The van der Waals surface area contributed by atoms with Crippen LogP contribution in [0.2, 0.25) is 0 Å². The van der Waals surface area contributed by atoms with Gasteiger partial charge in [0.1, 0.15) is 0 Å². The number of hydrogen-bond acceptors (Lipinski definition) is 3. The minimum Gasteiger partial charge on any atom is -0.380 e. The molecule has 0 spiro atoms. The lowest BCUT2D eigenvalue weighted by Crippen LogP contribution is -2.53. The van der Waals surface area contributed by atoms with Gasteiger partial charge in [-0.3, -0.25) is 0 Å². The van der Waals surface area contributed by atoms with Crippen molar-refractivity contribution in [1.29, 1.82) is 0 Å². The Morgan fingerprint density at radius 2 is 2.12 bits per heavy atom. The van der Waals surface area contributed by atoms with Crippen LogP contribution in [-0.4, -0.2) is 36.8 Å². The topological polar surface area (TPSA) is 21.3 Å². The van der Waals surface area contributed by atoms with Crippen molar-refractivity contribution in [3.8, 4) is 0 Å². The van der Waals surface area contributed by atoms with Gasteiger partial charge in [0.15, 0.2) is 0 Å². The van der Waals surface area contributed by atoms with E-state index in [0.29, 0.717) is 23.4 Å². The molecule has 2 nitrogen and oxygen atoms in total. The van der Waals surface area contributed by atoms with E-state index in [1.807, 2.05) is 0 Å². The maximum atomic E-state index is 5.60. The summed E-state index contributed by atoms with van der Waals surface area (Å²) in [6, 6.07) is 1.10. The van der Waals surface area contributed by atoms with Gasteiger partial charge in [-0.05, 0) is 30.4 Å². The molecule has 0 saturated carbocycles. The Bertz CT molecular complexity index is 218. The Labute approximate surface area is 111 Å². The van der Waals surface area contributed by atoms with Gasteiger partial charge in [-0.25, -0.2) is 0 Å². The highest BCUT2D eigenvalue weighted by Crippen LogP contribution is 2.34. The molecule has 0 aromatic rings. The Kier molecular flexibility index (Phi) is 6.32. The van der Waals surface area contributed by atoms with E-state index in [0.717, 1.165) is 13.2 Å². The van der Waals surface area contributed by atoms with Crippen LogP contribution in [0.1, 0.15) is 41.0 Å². The van der Waals surface area contributed by atoms with E-state index in [9.17, 15) is 0 Å². The first-order chi connectivity index (χ1) is 7.97. The van der Waals surface area contributed by atoms with Crippen LogP contribution in [0.25, 0.3) is 0 Å². The molecule has 102 valence electrons. The Hall–Kier alpha value is 0.270. The van der Waals surface area contributed by atoms with Gasteiger partial charge in [-0.2, -0.15) is 11.8 Å². The molecule has 1 rings (SSSR count). The van der Waals surface area contributed by atoms with Gasteiger partial charge >= 0.3 is 0 Å². The predicted octanol–water partition coefficient (Wildman–Crippen LogP) is 3.17. The first kappa shape index (κ1) is 15.3. The molecule has 1 aliphatic rings. The molecule has 0 aromatic heterocycles. The van der Waals surface area contributed by atoms with E-state index in [-0.39, 0.29) is 0 Å². The molecule has 17 heavy (non-hydrogen) atoms. The molecular weight excluding hydrogens is 230 g/mol. The first-order valence-corrected chi connectivity index (χ1v) is 8.04. The van der Waals surface area contributed by atoms with Gasteiger partial charge in [-0.1, -0.05) is 27.7 Å². The third kappa shape index (κ3) is 4.80. The largest absolute Gasteiger partial charge is 0.380 e.